The molecule has 0 saturated heterocycles. The van der Waals surface area contributed by atoms with E-state index in [1.807, 2.05) is 18.3 Å². The zero-order valence-corrected chi connectivity index (χ0v) is 9.74. The number of pyridine rings is 1. The smallest absolute Gasteiger partial charge is 0.366 e. The summed E-state index contributed by atoms with van der Waals surface area (Å²) in [4.78, 5) is 3.03. The van der Waals surface area contributed by atoms with Crippen molar-refractivity contribution in [2.24, 2.45) is 0 Å². The van der Waals surface area contributed by atoms with Crippen molar-refractivity contribution in [1.29, 1.82) is 0 Å². The first kappa shape index (κ1) is 15.9. The molecule has 1 aromatic rings. The average Bonchev–Trinajstić information content (AvgIpc) is 2.15. The van der Waals surface area contributed by atoms with Crippen LogP contribution >= 0.6 is 0 Å². The molecular weight excluding hydrogens is 223 g/mol. The van der Waals surface area contributed by atoms with Gasteiger partial charge in [-0.2, -0.15) is 4.98 Å². The fraction of sp³-hybridized carbons (Fsp3) is 0.444. The number of H-pyrrole nitrogens is 1. The highest BCUT2D eigenvalue weighted by Crippen LogP contribution is 2.03. The summed E-state index contributed by atoms with van der Waals surface area (Å²) in [5.74, 6) is 0.831. The van der Waals surface area contributed by atoms with Crippen molar-refractivity contribution in [1.82, 2.24) is 0 Å². The normalized spacial score (nSPS) is 8.43. The molecule has 82 valence electrons. The zero-order valence-electron chi connectivity index (χ0n) is 8.22. The maximum absolute atomic E-state index is 5.41. The Labute approximate surface area is 96.9 Å². The van der Waals surface area contributed by atoms with Gasteiger partial charge >= 0.3 is 5.88 Å². The number of hydrogen-bond donors (Lipinski definition) is 1. The van der Waals surface area contributed by atoms with Gasteiger partial charge in [-0.3, -0.25) is 0 Å². The van der Waals surface area contributed by atoms with E-state index in [-0.39, 0.29) is 24.8 Å². The highest BCUT2D eigenvalue weighted by molar-refractivity contribution is 5.14. The van der Waals surface area contributed by atoms with E-state index in [0.29, 0.717) is 0 Å². The number of ether oxygens (including phenoxy) is 1. The Morgan fingerprint density at radius 3 is 2.71 bits per heavy atom. The summed E-state index contributed by atoms with van der Waals surface area (Å²) in [5, 5.41) is 0. The maximum Gasteiger partial charge on any atom is 0.366 e. The molecule has 3 nitrogen and oxygen atoms in total. The van der Waals surface area contributed by atoms with E-state index in [2.05, 4.69) is 17.6 Å². The predicted molar refractivity (Wildman–Crippen MR) is 45.4 cm³/mol. The van der Waals surface area contributed by atoms with Crippen LogP contribution in [0.3, 0.4) is 0 Å². The second kappa shape index (κ2) is 9.06. The molecule has 1 aromatic heterocycles. The van der Waals surface area contributed by atoms with Gasteiger partial charge in [-0.05, 0) is 6.42 Å². The van der Waals surface area contributed by atoms with Crippen LogP contribution in [0.1, 0.15) is 18.9 Å². The third-order valence-corrected chi connectivity index (χ3v) is 1.59. The van der Waals surface area contributed by atoms with Crippen LogP contribution < -0.4 is 40.3 Å². The van der Waals surface area contributed by atoms with Crippen LogP contribution in [0.25, 0.3) is 0 Å². The minimum Gasteiger partial charge on any atom is -1.00 e. The Morgan fingerprint density at radius 1 is 1.43 bits per heavy atom. The molecule has 0 atom stereocenters. The first-order valence-electron chi connectivity index (χ1n) is 4.29. The van der Waals surface area contributed by atoms with Crippen molar-refractivity contribution in [3.05, 3.63) is 23.9 Å². The van der Waals surface area contributed by atoms with Crippen molar-refractivity contribution < 1.29 is 40.3 Å². The molecule has 5 heteroatoms. The molecule has 0 unspecified atom stereocenters. The number of hydrogen-bond acceptors (Lipinski definition) is 1. The first-order chi connectivity index (χ1) is 5.86. The summed E-state index contributed by atoms with van der Waals surface area (Å²) in [7, 11) is 0. The molecule has 0 aliphatic heterocycles. The number of quaternary nitrogens is 1. The monoisotopic (exact) mass is 238 g/mol. The van der Waals surface area contributed by atoms with Gasteiger partial charge in [-0.15, -0.1) is 0 Å². The van der Waals surface area contributed by atoms with Crippen LogP contribution in [-0.2, 0) is 6.54 Å². The topological polar surface area (TPSA) is 51.0 Å². The molecule has 1 heterocycles. The Morgan fingerprint density at radius 2 is 2.14 bits per heavy atom. The van der Waals surface area contributed by atoms with E-state index in [9.17, 15) is 0 Å². The standard InChI is InChI=1S/C9H14N2O.2ClH/c1-2-5-12-9-6-8(7-10)3-4-11-9;;/h3-4,6H,2,5,7,10H2,1H3;2*1H. The van der Waals surface area contributed by atoms with Gasteiger partial charge in [0.1, 0.15) is 6.54 Å². The van der Waals surface area contributed by atoms with Gasteiger partial charge < -0.3 is 35.3 Å². The van der Waals surface area contributed by atoms with Crippen LogP contribution in [-0.4, -0.2) is 6.61 Å². The molecule has 0 aliphatic rings. The molecule has 0 amide bonds. The van der Waals surface area contributed by atoms with Crippen LogP contribution in [0, 0.1) is 0 Å². The molecule has 0 saturated carbocycles. The van der Waals surface area contributed by atoms with Crippen LogP contribution in [0.2, 0.25) is 0 Å². The van der Waals surface area contributed by atoms with Crippen molar-refractivity contribution in [2.75, 3.05) is 6.61 Å². The summed E-state index contributed by atoms with van der Waals surface area (Å²) in [6, 6.07) is 3.99. The largest absolute Gasteiger partial charge is 1.00 e. The molecule has 1 rings (SSSR count). The third-order valence-electron chi connectivity index (χ3n) is 1.59. The molecular formula is C9H16Cl2N2O. The number of rotatable bonds is 4. The van der Waals surface area contributed by atoms with Gasteiger partial charge in [0.25, 0.3) is 0 Å². The van der Waals surface area contributed by atoms with Gasteiger partial charge in [0, 0.05) is 11.6 Å². The Bertz CT molecular complexity index is 246. The summed E-state index contributed by atoms with van der Waals surface area (Å²) in [6.45, 7) is 3.65. The number of halogens is 2. The lowest BCUT2D eigenvalue weighted by Gasteiger charge is -1.97. The number of aromatic amines is 1. The van der Waals surface area contributed by atoms with Crippen LogP contribution in [0.4, 0.5) is 0 Å². The van der Waals surface area contributed by atoms with Crippen molar-refractivity contribution >= 4 is 0 Å². The SMILES string of the molecule is CCCOc1cc(C[NH3+])cc[nH+]1.[Cl-].[Cl-]. The fourth-order valence-electron chi connectivity index (χ4n) is 0.940. The zero-order chi connectivity index (χ0) is 8.81. The predicted octanol–water partition coefficient (Wildman–Crippen LogP) is -5.96. The molecule has 14 heavy (non-hydrogen) atoms. The van der Waals surface area contributed by atoms with Crippen molar-refractivity contribution in [3.63, 3.8) is 0 Å². The minimum atomic E-state index is 0. The van der Waals surface area contributed by atoms with E-state index in [0.717, 1.165) is 25.5 Å². The maximum atomic E-state index is 5.41. The average molecular weight is 239 g/mol. The van der Waals surface area contributed by atoms with Gasteiger partial charge in [0.05, 0.1) is 12.7 Å². The highest BCUT2D eigenvalue weighted by Gasteiger charge is 2.02. The highest BCUT2D eigenvalue weighted by atomic mass is 35.5. The van der Waals surface area contributed by atoms with Crippen molar-refractivity contribution in [3.8, 4) is 5.88 Å². The van der Waals surface area contributed by atoms with Crippen LogP contribution in [0.5, 0.6) is 5.88 Å². The van der Waals surface area contributed by atoms with Crippen LogP contribution in [0.15, 0.2) is 18.3 Å². The molecule has 0 radical (unpaired) electrons. The minimum absolute atomic E-state index is 0. The number of aromatic nitrogens is 1. The summed E-state index contributed by atoms with van der Waals surface area (Å²) < 4.78 is 5.41. The Balaban J connectivity index is 0. The van der Waals surface area contributed by atoms with Gasteiger partial charge in [-0.25, -0.2) is 0 Å². The Kier molecular flexibility index (Phi) is 10.3. The lowest BCUT2D eigenvalue weighted by molar-refractivity contribution is -0.399. The molecule has 4 N–H and O–H groups in total. The lowest BCUT2D eigenvalue weighted by Crippen LogP contribution is -3.00. The molecule has 0 aliphatic carbocycles. The molecule has 0 fully saturated rings. The van der Waals surface area contributed by atoms with E-state index in [4.69, 9.17) is 4.74 Å². The second-order valence-corrected chi connectivity index (χ2v) is 2.66. The second-order valence-electron chi connectivity index (χ2n) is 2.66. The van der Waals surface area contributed by atoms with E-state index < -0.39 is 0 Å². The fourth-order valence-corrected chi connectivity index (χ4v) is 0.940. The van der Waals surface area contributed by atoms with E-state index in [1.54, 1.807) is 0 Å². The molecule has 0 bridgehead atoms. The molecule has 0 spiro atoms. The third kappa shape index (κ3) is 5.27. The first-order valence-corrected chi connectivity index (χ1v) is 4.29. The van der Waals surface area contributed by atoms with Gasteiger partial charge in [-0.1, -0.05) is 6.92 Å². The Hall–Kier alpha value is -0.510. The van der Waals surface area contributed by atoms with E-state index >= 15 is 0 Å². The number of nitrogens with one attached hydrogen (secondary N) is 1. The lowest BCUT2D eigenvalue weighted by atomic mass is 10.3. The van der Waals surface area contributed by atoms with Gasteiger partial charge in [0.15, 0.2) is 6.20 Å². The quantitative estimate of drug-likeness (QED) is 0.559. The summed E-state index contributed by atoms with van der Waals surface area (Å²) >= 11 is 0. The molecule has 0 aromatic carbocycles. The summed E-state index contributed by atoms with van der Waals surface area (Å²) in [5.41, 5.74) is 5.00. The van der Waals surface area contributed by atoms with Gasteiger partial charge in [0.2, 0.25) is 0 Å². The van der Waals surface area contributed by atoms with E-state index in [1.165, 1.54) is 5.56 Å². The van der Waals surface area contributed by atoms with Crippen molar-refractivity contribution in [2.45, 2.75) is 19.9 Å². The summed E-state index contributed by atoms with van der Waals surface area (Å²) in [6.07, 6.45) is 2.91.